The topological polar surface area (TPSA) is 49.7 Å². The van der Waals surface area contributed by atoms with Gasteiger partial charge in [0.1, 0.15) is 0 Å². The molecule has 82 valence electrons. The molecule has 0 aliphatic rings. The van der Waals surface area contributed by atoms with E-state index in [1.54, 1.807) is 0 Å². The summed E-state index contributed by atoms with van der Waals surface area (Å²) in [4.78, 5) is 21.3. The molecule has 0 radical (unpaired) electrons. The fourth-order valence-corrected chi connectivity index (χ4v) is 1.44. The minimum atomic E-state index is -0.275. The molecule has 0 saturated heterocycles. The average Bonchev–Trinajstić information content (AvgIpc) is 2.13. The van der Waals surface area contributed by atoms with Crippen molar-refractivity contribution in [3.8, 4) is 0 Å². The molecule has 0 aliphatic heterocycles. The molecule has 0 spiro atoms. The van der Waals surface area contributed by atoms with Crippen molar-refractivity contribution in [2.45, 2.75) is 58.9 Å². The second-order valence-electron chi connectivity index (χ2n) is 3.64. The van der Waals surface area contributed by atoms with Crippen LogP contribution in [0, 0.1) is 4.91 Å². The highest BCUT2D eigenvalue weighted by Gasteiger charge is 2.16. The van der Waals surface area contributed by atoms with E-state index in [1.807, 2.05) is 6.92 Å². The van der Waals surface area contributed by atoms with Gasteiger partial charge in [0.05, 0.1) is 11.3 Å². The molecule has 0 fully saturated rings. The zero-order chi connectivity index (χ0) is 11.0. The summed E-state index contributed by atoms with van der Waals surface area (Å²) in [5.41, 5.74) is 0. The fraction of sp³-hybridized carbons (Fsp3) is 0.900. The molecule has 4 nitrogen and oxygen atoms in total. The van der Waals surface area contributed by atoms with Crippen molar-refractivity contribution < 1.29 is 4.79 Å². The van der Waals surface area contributed by atoms with Crippen LogP contribution in [-0.4, -0.2) is 17.0 Å². The van der Waals surface area contributed by atoms with Crippen molar-refractivity contribution in [2.75, 3.05) is 0 Å². The number of rotatable bonds is 7. The van der Waals surface area contributed by atoms with E-state index >= 15 is 0 Å². The standard InChI is InChI=1S/C10H20N2O2/c1-4-5-6-7-8-9(2)12(11-14)10(3)13/h9H,4-8H2,1-3H3. The molecular weight excluding hydrogens is 180 g/mol. The van der Waals surface area contributed by atoms with Gasteiger partial charge in [0.15, 0.2) is 0 Å². The monoisotopic (exact) mass is 200 g/mol. The van der Waals surface area contributed by atoms with Crippen LogP contribution in [0.3, 0.4) is 0 Å². The van der Waals surface area contributed by atoms with Gasteiger partial charge in [0.25, 0.3) is 0 Å². The molecule has 1 unspecified atom stereocenters. The first-order valence-electron chi connectivity index (χ1n) is 5.26. The van der Waals surface area contributed by atoms with E-state index in [0.29, 0.717) is 0 Å². The lowest BCUT2D eigenvalue weighted by Gasteiger charge is -2.19. The van der Waals surface area contributed by atoms with Crippen molar-refractivity contribution in [1.29, 1.82) is 0 Å². The van der Waals surface area contributed by atoms with Gasteiger partial charge in [-0.1, -0.05) is 32.6 Å². The van der Waals surface area contributed by atoms with E-state index in [2.05, 4.69) is 12.2 Å². The summed E-state index contributed by atoms with van der Waals surface area (Å²) in [5.74, 6) is -0.275. The summed E-state index contributed by atoms with van der Waals surface area (Å²) in [6, 6.07) is -0.0677. The van der Waals surface area contributed by atoms with Gasteiger partial charge in [0.2, 0.25) is 5.91 Å². The van der Waals surface area contributed by atoms with E-state index in [0.717, 1.165) is 24.3 Å². The predicted molar refractivity (Wildman–Crippen MR) is 56.5 cm³/mol. The third kappa shape index (κ3) is 4.94. The van der Waals surface area contributed by atoms with Crippen molar-refractivity contribution in [1.82, 2.24) is 5.01 Å². The summed E-state index contributed by atoms with van der Waals surface area (Å²) in [5, 5.41) is 3.74. The normalized spacial score (nSPS) is 12.2. The van der Waals surface area contributed by atoms with E-state index in [1.165, 1.54) is 19.8 Å². The number of nitrogens with zero attached hydrogens (tertiary/aromatic N) is 2. The Balaban J connectivity index is 3.75. The van der Waals surface area contributed by atoms with Gasteiger partial charge < -0.3 is 0 Å². The van der Waals surface area contributed by atoms with Gasteiger partial charge in [-0.15, -0.1) is 4.91 Å². The number of unbranched alkanes of at least 4 members (excludes halogenated alkanes) is 3. The average molecular weight is 200 g/mol. The summed E-state index contributed by atoms with van der Waals surface area (Å²) >= 11 is 0. The van der Waals surface area contributed by atoms with Crippen molar-refractivity contribution in [3.63, 3.8) is 0 Å². The van der Waals surface area contributed by atoms with Crippen LogP contribution in [0.15, 0.2) is 5.29 Å². The first-order chi connectivity index (χ1) is 6.63. The smallest absolute Gasteiger partial charge is 0.242 e. The Morgan fingerprint density at radius 1 is 1.36 bits per heavy atom. The highest BCUT2D eigenvalue weighted by atomic mass is 16.3. The Morgan fingerprint density at radius 2 is 2.00 bits per heavy atom. The van der Waals surface area contributed by atoms with Gasteiger partial charge in [-0.2, -0.15) is 5.01 Å². The quantitative estimate of drug-likeness (QED) is 0.360. The maximum Gasteiger partial charge on any atom is 0.242 e. The lowest BCUT2D eigenvalue weighted by atomic mass is 10.1. The van der Waals surface area contributed by atoms with Gasteiger partial charge in [-0.3, -0.25) is 4.79 Å². The van der Waals surface area contributed by atoms with Crippen LogP contribution < -0.4 is 0 Å². The SMILES string of the molecule is CCCCCCC(C)N(N=O)C(C)=O. The second kappa shape index (κ2) is 7.47. The third-order valence-corrected chi connectivity index (χ3v) is 2.30. The van der Waals surface area contributed by atoms with Crippen LogP contribution in [0.5, 0.6) is 0 Å². The van der Waals surface area contributed by atoms with Crippen molar-refractivity contribution in [2.24, 2.45) is 5.29 Å². The third-order valence-electron chi connectivity index (χ3n) is 2.30. The molecule has 14 heavy (non-hydrogen) atoms. The highest BCUT2D eigenvalue weighted by Crippen LogP contribution is 2.11. The molecule has 0 bridgehead atoms. The predicted octanol–water partition coefficient (Wildman–Crippen LogP) is 2.88. The first kappa shape index (κ1) is 13.1. The lowest BCUT2D eigenvalue weighted by molar-refractivity contribution is -0.131. The molecule has 1 amide bonds. The van der Waals surface area contributed by atoms with Gasteiger partial charge >= 0.3 is 0 Å². The van der Waals surface area contributed by atoms with Crippen LogP contribution in [0.4, 0.5) is 0 Å². The summed E-state index contributed by atoms with van der Waals surface area (Å²) in [6.07, 6.45) is 5.46. The Hall–Kier alpha value is -0.930. The zero-order valence-electron chi connectivity index (χ0n) is 9.32. The Morgan fingerprint density at radius 3 is 2.43 bits per heavy atom. The summed E-state index contributed by atoms with van der Waals surface area (Å²) in [6.45, 7) is 5.37. The first-order valence-corrected chi connectivity index (χ1v) is 5.26. The largest absolute Gasteiger partial charge is 0.273 e. The number of hydrogen-bond donors (Lipinski definition) is 0. The Kier molecular flexibility index (Phi) is 6.98. The minimum Gasteiger partial charge on any atom is -0.273 e. The molecule has 1 atom stereocenters. The number of carbonyl (C=O) groups is 1. The van der Waals surface area contributed by atoms with E-state index < -0.39 is 0 Å². The van der Waals surface area contributed by atoms with E-state index in [4.69, 9.17) is 0 Å². The number of nitroso groups, excluding NO2 is 1. The van der Waals surface area contributed by atoms with Crippen LogP contribution in [0.2, 0.25) is 0 Å². The van der Waals surface area contributed by atoms with Gasteiger partial charge in [-0.25, -0.2) is 0 Å². The minimum absolute atomic E-state index is 0.0677. The number of hydrogen-bond acceptors (Lipinski definition) is 3. The molecule has 0 heterocycles. The fourth-order valence-electron chi connectivity index (χ4n) is 1.44. The summed E-state index contributed by atoms with van der Waals surface area (Å²) in [7, 11) is 0. The van der Waals surface area contributed by atoms with Crippen LogP contribution >= 0.6 is 0 Å². The summed E-state index contributed by atoms with van der Waals surface area (Å²) < 4.78 is 0. The molecule has 0 saturated carbocycles. The van der Waals surface area contributed by atoms with Crippen LogP contribution in [0.25, 0.3) is 0 Å². The molecule has 0 rings (SSSR count). The molecule has 0 aliphatic carbocycles. The maximum absolute atomic E-state index is 10.9. The number of carbonyl (C=O) groups excluding carboxylic acids is 1. The maximum atomic E-state index is 10.9. The molecule has 0 aromatic rings. The zero-order valence-corrected chi connectivity index (χ0v) is 9.32. The van der Waals surface area contributed by atoms with E-state index in [9.17, 15) is 9.70 Å². The molecule has 4 heteroatoms. The molecule has 0 aromatic carbocycles. The van der Waals surface area contributed by atoms with Crippen molar-refractivity contribution in [3.05, 3.63) is 4.91 Å². The molecular formula is C10H20N2O2. The molecule has 0 N–H and O–H groups in total. The van der Waals surface area contributed by atoms with Crippen molar-refractivity contribution >= 4 is 5.91 Å². The Bertz CT molecular complexity index is 183. The Labute approximate surface area is 85.6 Å². The van der Waals surface area contributed by atoms with E-state index in [-0.39, 0.29) is 11.9 Å². The van der Waals surface area contributed by atoms with Crippen LogP contribution in [0.1, 0.15) is 52.9 Å². The lowest BCUT2D eigenvalue weighted by Crippen LogP contribution is -2.31. The molecule has 0 aromatic heterocycles. The highest BCUT2D eigenvalue weighted by molar-refractivity contribution is 5.73. The van der Waals surface area contributed by atoms with Gasteiger partial charge in [0, 0.05) is 6.92 Å². The second-order valence-corrected chi connectivity index (χ2v) is 3.64. The number of amides is 1. The van der Waals surface area contributed by atoms with Crippen LogP contribution in [-0.2, 0) is 4.79 Å². The van der Waals surface area contributed by atoms with Gasteiger partial charge in [-0.05, 0) is 13.3 Å².